The van der Waals surface area contributed by atoms with Gasteiger partial charge in [-0.2, -0.15) is 0 Å². The van der Waals surface area contributed by atoms with Gasteiger partial charge < -0.3 is 9.47 Å². The smallest absolute Gasteiger partial charge is 0.330 e. The van der Waals surface area contributed by atoms with Gasteiger partial charge in [0, 0.05) is 13.0 Å². The van der Waals surface area contributed by atoms with Crippen molar-refractivity contribution in [2.24, 2.45) is 0 Å². The zero-order chi connectivity index (χ0) is 11.7. The van der Waals surface area contributed by atoms with E-state index in [2.05, 4.69) is 4.74 Å². The number of carbonyl (C=O) groups excluding carboxylic acids is 2. The average molecular weight is 212 g/mol. The first-order chi connectivity index (χ1) is 7.06. The topological polar surface area (TPSA) is 52.6 Å². The highest BCUT2D eigenvalue weighted by atomic mass is 16.5. The maximum atomic E-state index is 10.9. The van der Waals surface area contributed by atoms with Crippen molar-refractivity contribution in [3.8, 4) is 0 Å². The molecule has 4 nitrogen and oxygen atoms in total. The fourth-order valence-corrected chi connectivity index (χ4v) is 0.745. The predicted octanol–water partition coefficient (Wildman–Crippen LogP) is 1.62. The van der Waals surface area contributed by atoms with E-state index in [1.54, 1.807) is 26.0 Å². The third-order valence-electron chi connectivity index (χ3n) is 1.40. The molecule has 0 unspecified atom stereocenters. The van der Waals surface area contributed by atoms with Gasteiger partial charge in [-0.1, -0.05) is 12.2 Å². The van der Waals surface area contributed by atoms with Crippen molar-refractivity contribution in [3.63, 3.8) is 0 Å². The minimum absolute atomic E-state index is 0.239. The summed E-state index contributed by atoms with van der Waals surface area (Å²) in [5, 5.41) is 0. The molecule has 0 aliphatic rings. The molecular formula is C11H16O4. The second kappa shape index (κ2) is 7.79. The molecular weight excluding hydrogens is 196 g/mol. The van der Waals surface area contributed by atoms with Gasteiger partial charge in [-0.05, 0) is 19.4 Å². The minimum atomic E-state index is -0.381. The van der Waals surface area contributed by atoms with Gasteiger partial charge in [0.15, 0.2) is 0 Å². The third kappa shape index (κ3) is 8.74. The van der Waals surface area contributed by atoms with E-state index in [4.69, 9.17) is 4.74 Å². The monoisotopic (exact) mass is 212 g/mol. The average Bonchev–Trinajstić information content (AvgIpc) is 2.15. The number of ether oxygens (including phenoxy) is 2. The van der Waals surface area contributed by atoms with Crippen LogP contribution in [-0.4, -0.2) is 25.2 Å². The molecule has 0 spiro atoms. The lowest BCUT2D eigenvalue weighted by Crippen LogP contribution is -2.01. The molecule has 0 aliphatic heterocycles. The van der Waals surface area contributed by atoms with E-state index in [9.17, 15) is 9.59 Å². The molecule has 0 N–H and O–H groups in total. The summed E-state index contributed by atoms with van der Waals surface area (Å²) in [4.78, 5) is 21.3. The van der Waals surface area contributed by atoms with E-state index >= 15 is 0 Å². The number of carbonyl (C=O) groups is 2. The molecule has 0 radical (unpaired) electrons. The highest BCUT2D eigenvalue weighted by Crippen LogP contribution is 1.95. The Labute approximate surface area is 89.6 Å². The minimum Gasteiger partial charge on any atom is -0.463 e. The van der Waals surface area contributed by atoms with Crippen molar-refractivity contribution in [1.29, 1.82) is 0 Å². The summed E-state index contributed by atoms with van der Waals surface area (Å²) in [5.74, 6) is -0.703. The van der Waals surface area contributed by atoms with Crippen LogP contribution in [0.3, 0.4) is 0 Å². The van der Waals surface area contributed by atoms with Crippen LogP contribution in [0.2, 0.25) is 0 Å². The predicted molar refractivity (Wildman–Crippen MR) is 56.2 cm³/mol. The van der Waals surface area contributed by atoms with E-state index < -0.39 is 0 Å². The fourth-order valence-electron chi connectivity index (χ4n) is 0.745. The molecule has 84 valence electrons. The maximum absolute atomic E-state index is 10.9. The molecule has 0 aliphatic carbocycles. The van der Waals surface area contributed by atoms with Crippen LogP contribution >= 0.6 is 0 Å². The molecule has 0 aromatic rings. The summed E-state index contributed by atoms with van der Waals surface area (Å²) < 4.78 is 9.43. The lowest BCUT2D eigenvalue weighted by molar-refractivity contribution is -0.140. The van der Waals surface area contributed by atoms with E-state index in [1.807, 2.05) is 0 Å². The number of hydrogen-bond donors (Lipinski definition) is 0. The Morgan fingerprint density at radius 3 is 2.40 bits per heavy atom. The van der Waals surface area contributed by atoms with Gasteiger partial charge in [0.2, 0.25) is 0 Å². The number of hydrogen-bond acceptors (Lipinski definition) is 4. The van der Waals surface area contributed by atoms with Crippen LogP contribution in [0.25, 0.3) is 0 Å². The van der Waals surface area contributed by atoms with Gasteiger partial charge in [-0.25, -0.2) is 4.79 Å². The Kier molecular flexibility index (Phi) is 6.97. The van der Waals surface area contributed by atoms with Crippen LogP contribution in [0, 0.1) is 0 Å². The van der Waals surface area contributed by atoms with Gasteiger partial charge in [0.25, 0.3) is 0 Å². The molecule has 15 heavy (non-hydrogen) atoms. The molecule has 0 saturated carbocycles. The molecule has 0 amide bonds. The van der Waals surface area contributed by atoms with Crippen molar-refractivity contribution >= 4 is 11.9 Å². The fraction of sp³-hybridized carbons (Fsp3) is 0.455. The molecule has 0 fully saturated rings. The zero-order valence-corrected chi connectivity index (χ0v) is 9.28. The molecule has 0 aromatic carbocycles. The lowest BCUT2D eigenvalue weighted by Gasteiger charge is -1.99. The van der Waals surface area contributed by atoms with Crippen LogP contribution in [0.1, 0.15) is 20.8 Å². The van der Waals surface area contributed by atoms with Crippen LogP contribution in [0.5, 0.6) is 0 Å². The molecule has 0 saturated heterocycles. The molecule has 0 aromatic heterocycles. The van der Waals surface area contributed by atoms with Crippen molar-refractivity contribution in [2.45, 2.75) is 20.8 Å². The summed E-state index contributed by atoms with van der Waals surface area (Å²) in [6, 6.07) is 0. The number of esters is 2. The van der Waals surface area contributed by atoms with Crippen LogP contribution in [0.15, 0.2) is 23.8 Å². The van der Waals surface area contributed by atoms with Crippen molar-refractivity contribution in [1.82, 2.24) is 0 Å². The first-order valence-electron chi connectivity index (χ1n) is 4.70. The van der Waals surface area contributed by atoms with Gasteiger partial charge in [0.05, 0.1) is 6.61 Å². The van der Waals surface area contributed by atoms with Gasteiger partial charge in [-0.15, -0.1) is 0 Å². The van der Waals surface area contributed by atoms with Crippen LogP contribution < -0.4 is 0 Å². The SMILES string of the molecule is CCOC(=O)/C=C/C=C(\C)COC(C)=O. The van der Waals surface area contributed by atoms with Crippen LogP contribution in [0.4, 0.5) is 0 Å². The number of rotatable bonds is 5. The quantitative estimate of drug-likeness (QED) is 0.394. The summed E-state index contributed by atoms with van der Waals surface area (Å²) in [5.41, 5.74) is 0.853. The van der Waals surface area contributed by atoms with E-state index in [0.717, 1.165) is 5.57 Å². The molecule has 0 atom stereocenters. The second-order valence-corrected chi connectivity index (χ2v) is 2.90. The first-order valence-corrected chi connectivity index (χ1v) is 4.70. The van der Waals surface area contributed by atoms with Crippen LogP contribution in [-0.2, 0) is 19.1 Å². The lowest BCUT2D eigenvalue weighted by atomic mass is 10.3. The molecule has 0 rings (SSSR count). The highest BCUT2D eigenvalue weighted by Gasteiger charge is 1.94. The molecule has 0 heterocycles. The summed E-state index contributed by atoms with van der Waals surface area (Å²) in [6.45, 7) is 5.50. The third-order valence-corrected chi connectivity index (χ3v) is 1.40. The summed E-state index contributed by atoms with van der Waals surface area (Å²) >= 11 is 0. The normalized spacial score (nSPS) is 11.5. The van der Waals surface area contributed by atoms with Crippen molar-refractivity contribution in [2.75, 3.05) is 13.2 Å². The first kappa shape index (κ1) is 13.4. The van der Waals surface area contributed by atoms with E-state index in [-0.39, 0.29) is 18.5 Å². The van der Waals surface area contributed by atoms with Crippen molar-refractivity contribution < 1.29 is 19.1 Å². The van der Waals surface area contributed by atoms with E-state index in [0.29, 0.717) is 6.61 Å². The van der Waals surface area contributed by atoms with Gasteiger partial charge in [-0.3, -0.25) is 4.79 Å². The largest absolute Gasteiger partial charge is 0.463 e. The van der Waals surface area contributed by atoms with Gasteiger partial charge in [0.1, 0.15) is 6.61 Å². The Morgan fingerprint density at radius 1 is 1.20 bits per heavy atom. The molecule has 4 heteroatoms. The van der Waals surface area contributed by atoms with Crippen molar-refractivity contribution in [3.05, 3.63) is 23.8 Å². The Hall–Kier alpha value is -1.58. The number of allylic oxidation sites excluding steroid dienone is 2. The summed E-state index contributed by atoms with van der Waals surface area (Å²) in [7, 11) is 0. The Balaban J connectivity index is 3.93. The zero-order valence-electron chi connectivity index (χ0n) is 9.28. The Bertz CT molecular complexity index is 276. The molecule has 0 bridgehead atoms. The second-order valence-electron chi connectivity index (χ2n) is 2.90. The summed E-state index contributed by atoms with van der Waals surface area (Å²) in [6.07, 6.45) is 4.58. The Morgan fingerprint density at radius 2 is 1.87 bits per heavy atom. The van der Waals surface area contributed by atoms with E-state index in [1.165, 1.54) is 13.0 Å². The maximum Gasteiger partial charge on any atom is 0.330 e. The highest BCUT2D eigenvalue weighted by molar-refractivity contribution is 5.82. The van der Waals surface area contributed by atoms with Gasteiger partial charge >= 0.3 is 11.9 Å². The standard InChI is InChI=1S/C11H16O4/c1-4-14-11(13)7-5-6-9(2)8-15-10(3)12/h5-7H,4,8H2,1-3H3/b7-5+,9-6+.